The van der Waals surface area contributed by atoms with Crippen LogP contribution in [0.3, 0.4) is 0 Å². The summed E-state index contributed by atoms with van der Waals surface area (Å²) in [5.41, 5.74) is 0.135. The molecule has 0 amide bonds. The molecule has 1 saturated heterocycles. The highest BCUT2D eigenvalue weighted by atomic mass is 16.5. The number of methoxy groups -OCH3 is 1. The molecule has 0 aliphatic carbocycles. The molecule has 1 fully saturated rings. The lowest BCUT2D eigenvalue weighted by Gasteiger charge is -2.35. The number of rotatable bonds is 5. The molecular formula is C12H25NO2. The average molecular weight is 215 g/mol. The largest absolute Gasteiger partial charge is 0.383 e. The van der Waals surface area contributed by atoms with Gasteiger partial charge < -0.3 is 9.53 Å². The zero-order valence-electron chi connectivity index (χ0n) is 10.6. The quantitative estimate of drug-likeness (QED) is 0.658. The lowest BCUT2D eigenvalue weighted by Crippen LogP contribution is -2.45. The van der Waals surface area contributed by atoms with E-state index in [1.54, 1.807) is 7.11 Å². The molecule has 1 aliphatic rings. The fraction of sp³-hybridized carbons (Fsp3) is 0.917. The summed E-state index contributed by atoms with van der Waals surface area (Å²) < 4.78 is 5.24. The zero-order chi connectivity index (χ0) is 11.7. The number of ether oxygens (including phenoxy) is 1. The SMILES string of the molecule is CC.COCC1(CCC=O)CCCN1C. The van der Waals surface area contributed by atoms with Crippen LogP contribution in [0.4, 0.5) is 0 Å². The van der Waals surface area contributed by atoms with Gasteiger partial charge >= 0.3 is 0 Å². The van der Waals surface area contributed by atoms with E-state index in [9.17, 15) is 4.79 Å². The number of hydrogen-bond donors (Lipinski definition) is 0. The molecule has 1 atom stereocenters. The minimum Gasteiger partial charge on any atom is -0.383 e. The van der Waals surface area contributed by atoms with Crippen LogP contribution >= 0.6 is 0 Å². The first-order valence-corrected chi connectivity index (χ1v) is 5.89. The third kappa shape index (κ3) is 3.92. The van der Waals surface area contributed by atoms with E-state index < -0.39 is 0 Å². The van der Waals surface area contributed by atoms with Crippen LogP contribution in [0.15, 0.2) is 0 Å². The van der Waals surface area contributed by atoms with Gasteiger partial charge in [-0.05, 0) is 32.9 Å². The summed E-state index contributed by atoms with van der Waals surface area (Å²) in [6.45, 7) is 5.87. The van der Waals surface area contributed by atoms with Crippen molar-refractivity contribution in [1.82, 2.24) is 4.90 Å². The second kappa shape index (κ2) is 7.83. The Morgan fingerprint density at radius 3 is 2.53 bits per heavy atom. The molecule has 0 spiro atoms. The predicted molar refractivity (Wildman–Crippen MR) is 63.1 cm³/mol. The van der Waals surface area contributed by atoms with Crippen LogP contribution in [0.5, 0.6) is 0 Å². The molecule has 0 radical (unpaired) electrons. The Morgan fingerprint density at radius 1 is 1.47 bits per heavy atom. The van der Waals surface area contributed by atoms with E-state index in [4.69, 9.17) is 4.74 Å². The molecular weight excluding hydrogens is 190 g/mol. The number of carbonyl (C=O) groups is 1. The maximum absolute atomic E-state index is 10.4. The van der Waals surface area contributed by atoms with Gasteiger partial charge in [0.15, 0.2) is 0 Å². The van der Waals surface area contributed by atoms with Crippen LogP contribution in [0, 0.1) is 0 Å². The molecule has 3 heteroatoms. The molecule has 90 valence electrons. The standard InChI is InChI=1S/C10H19NO2.C2H6/c1-11-7-3-5-10(11,9-13-2)6-4-8-12;1-2/h8H,3-7,9H2,1-2H3;1-2H3. The molecule has 0 aromatic rings. The van der Waals surface area contributed by atoms with Crippen LogP contribution < -0.4 is 0 Å². The third-order valence-corrected chi connectivity index (χ3v) is 3.09. The van der Waals surface area contributed by atoms with Gasteiger partial charge in [0.1, 0.15) is 6.29 Å². The van der Waals surface area contributed by atoms with Crippen molar-refractivity contribution in [3.63, 3.8) is 0 Å². The number of aldehydes is 1. The van der Waals surface area contributed by atoms with Crippen molar-refractivity contribution < 1.29 is 9.53 Å². The van der Waals surface area contributed by atoms with Gasteiger partial charge in [0.05, 0.1) is 6.61 Å². The predicted octanol–water partition coefficient (Wildman–Crippen LogP) is 2.10. The fourth-order valence-electron chi connectivity index (χ4n) is 2.24. The second-order valence-electron chi connectivity index (χ2n) is 3.89. The third-order valence-electron chi connectivity index (χ3n) is 3.09. The van der Waals surface area contributed by atoms with Crippen molar-refractivity contribution in [3.8, 4) is 0 Å². The van der Waals surface area contributed by atoms with E-state index in [2.05, 4.69) is 11.9 Å². The molecule has 0 saturated carbocycles. The molecule has 1 rings (SSSR count). The highest BCUT2D eigenvalue weighted by Crippen LogP contribution is 2.31. The van der Waals surface area contributed by atoms with Crippen molar-refractivity contribution in [2.45, 2.75) is 45.1 Å². The van der Waals surface area contributed by atoms with Gasteiger partial charge in [-0.2, -0.15) is 0 Å². The van der Waals surface area contributed by atoms with E-state index in [-0.39, 0.29) is 5.54 Å². The van der Waals surface area contributed by atoms with Gasteiger partial charge in [0.25, 0.3) is 0 Å². The van der Waals surface area contributed by atoms with E-state index in [0.29, 0.717) is 6.42 Å². The minimum absolute atomic E-state index is 0.135. The van der Waals surface area contributed by atoms with Crippen molar-refractivity contribution in [3.05, 3.63) is 0 Å². The molecule has 0 bridgehead atoms. The highest BCUT2D eigenvalue weighted by molar-refractivity contribution is 5.49. The Balaban J connectivity index is 0.000000921. The Bertz CT molecular complexity index is 173. The smallest absolute Gasteiger partial charge is 0.120 e. The topological polar surface area (TPSA) is 29.5 Å². The normalized spacial score (nSPS) is 25.9. The first-order chi connectivity index (χ1) is 7.25. The lowest BCUT2D eigenvalue weighted by atomic mass is 9.92. The minimum atomic E-state index is 0.135. The Hall–Kier alpha value is -0.410. The molecule has 15 heavy (non-hydrogen) atoms. The van der Waals surface area contributed by atoms with Gasteiger partial charge in [-0.3, -0.25) is 4.90 Å². The number of hydrogen-bond acceptors (Lipinski definition) is 3. The van der Waals surface area contributed by atoms with Gasteiger partial charge in [-0.15, -0.1) is 0 Å². The number of carbonyl (C=O) groups excluding carboxylic acids is 1. The maximum Gasteiger partial charge on any atom is 0.120 e. The van der Waals surface area contributed by atoms with Crippen molar-refractivity contribution in [1.29, 1.82) is 0 Å². The summed E-state index contributed by atoms with van der Waals surface area (Å²) in [5, 5.41) is 0. The van der Waals surface area contributed by atoms with E-state index in [1.165, 1.54) is 6.42 Å². The average Bonchev–Trinajstić information content (AvgIpc) is 2.62. The van der Waals surface area contributed by atoms with Gasteiger partial charge in [-0.25, -0.2) is 0 Å². The van der Waals surface area contributed by atoms with E-state index in [0.717, 1.165) is 32.3 Å². The molecule has 1 aliphatic heterocycles. The summed E-state index contributed by atoms with van der Waals surface area (Å²) in [6, 6.07) is 0. The summed E-state index contributed by atoms with van der Waals surface area (Å²) in [6.07, 6.45) is 4.96. The highest BCUT2D eigenvalue weighted by Gasteiger charge is 2.37. The Kier molecular flexibility index (Phi) is 7.61. The molecule has 0 aromatic heterocycles. The molecule has 3 nitrogen and oxygen atoms in total. The fourth-order valence-corrected chi connectivity index (χ4v) is 2.24. The van der Waals surface area contributed by atoms with Gasteiger partial charge in [0.2, 0.25) is 0 Å². The number of nitrogens with zero attached hydrogens (tertiary/aromatic N) is 1. The number of likely N-dealkylation sites (tertiary alicyclic amines) is 1. The van der Waals surface area contributed by atoms with E-state index in [1.807, 2.05) is 13.8 Å². The molecule has 1 unspecified atom stereocenters. The van der Waals surface area contributed by atoms with Crippen LogP contribution in [0.1, 0.15) is 39.5 Å². The van der Waals surface area contributed by atoms with Crippen molar-refractivity contribution >= 4 is 6.29 Å². The van der Waals surface area contributed by atoms with Gasteiger partial charge in [0, 0.05) is 19.1 Å². The Morgan fingerprint density at radius 2 is 2.13 bits per heavy atom. The summed E-state index contributed by atoms with van der Waals surface area (Å²) in [5.74, 6) is 0. The van der Waals surface area contributed by atoms with Crippen molar-refractivity contribution in [2.75, 3.05) is 27.3 Å². The first-order valence-electron chi connectivity index (χ1n) is 5.89. The summed E-state index contributed by atoms with van der Waals surface area (Å²) in [4.78, 5) is 12.7. The van der Waals surface area contributed by atoms with Crippen molar-refractivity contribution in [2.24, 2.45) is 0 Å². The lowest BCUT2D eigenvalue weighted by molar-refractivity contribution is -0.108. The molecule has 0 aromatic carbocycles. The van der Waals surface area contributed by atoms with Crippen LogP contribution in [-0.4, -0.2) is 44.0 Å². The van der Waals surface area contributed by atoms with Gasteiger partial charge in [-0.1, -0.05) is 13.8 Å². The molecule has 0 N–H and O–H groups in total. The maximum atomic E-state index is 10.4. The Labute approximate surface area is 93.8 Å². The molecule has 1 heterocycles. The number of likely N-dealkylation sites (N-methyl/N-ethyl adjacent to an activating group) is 1. The second-order valence-corrected chi connectivity index (χ2v) is 3.89. The summed E-state index contributed by atoms with van der Waals surface area (Å²) >= 11 is 0. The van der Waals surface area contributed by atoms with Crippen LogP contribution in [0.25, 0.3) is 0 Å². The monoisotopic (exact) mass is 215 g/mol. The first kappa shape index (κ1) is 14.6. The van der Waals surface area contributed by atoms with Crippen LogP contribution in [0.2, 0.25) is 0 Å². The van der Waals surface area contributed by atoms with Crippen LogP contribution in [-0.2, 0) is 9.53 Å². The van der Waals surface area contributed by atoms with E-state index >= 15 is 0 Å². The zero-order valence-corrected chi connectivity index (χ0v) is 10.6. The summed E-state index contributed by atoms with van der Waals surface area (Å²) in [7, 11) is 3.85.